The lowest BCUT2D eigenvalue weighted by Gasteiger charge is -2.40. The number of halogens is 1. The fourth-order valence-corrected chi connectivity index (χ4v) is 10.2. The van der Waals surface area contributed by atoms with E-state index < -0.39 is 43.4 Å². The Morgan fingerprint density at radius 2 is 1.80 bits per heavy atom. The summed E-state index contributed by atoms with van der Waals surface area (Å²) >= 11 is 6.26. The first-order valence-electron chi connectivity index (χ1n) is 22.0. The highest BCUT2D eigenvalue weighted by Gasteiger charge is 2.38. The molecule has 1 aliphatic carbocycles. The van der Waals surface area contributed by atoms with Crippen LogP contribution in [0.4, 0.5) is 28.4 Å². The molecule has 0 saturated carbocycles. The van der Waals surface area contributed by atoms with Crippen molar-refractivity contribution in [2.75, 3.05) is 74.2 Å². The van der Waals surface area contributed by atoms with Crippen LogP contribution in [0.5, 0.6) is 5.88 Å². The van der Waals surface area contributed by atoms with Gasteiger partial charge in [0.1, 0.15) is 17.0 Å². The van der Waals surface area contributed by atoms with Crippen molar-refractivity contribution >= 4 is 78.5 Å². The average molecular weight is 939 g/mol. The van der Waals surface area contributed by atoms with Crippen LogP contribution in [0.2, 0.25) is 5.02 Å². The van der Waals surface area contributed by atoms with Gasteiger partial charge in [0, 0.05) is 67.6 Å². The van der Waals surface area contributed by atoms with Crippen LogP contribution in [0.1, 0.15) is 56.0 Å². The predicted octanol–water partition coefficient (Wildman–Crippen LogP) is 7.30. The Labute approximate surface area is 387 Å². The number of benzene rings is 3. The summed E-state index contributed by atoms with van der Waals surface area (Å²) in [7, 11) is -4.70. The number of allylic oxidation sites excluding steroid dienone is 1. The number of hydrogen-bond donors (Lipinski definition) is 3. The number of ether oxygens (including phenoxy) is 3. The minimum Gasteiger partial charge on any atom is -0.463 e. The quantitative estimate of drug-likeness (QED) is 0.0832. The number of nitrogens with one attached hydrogen (secondary N) is 3. The number of rotatable bonds is 12. The third-order valence-electron chi connectivity index (χ3n) is 12.7. The number of carbonyl (C=O) groups excluding carboxylic acids is 2. The van der Waals surface area contributed by atoms with E-state index in [0.29, 0.717) is 49.0 Å². The molecule has 3 N–H and O–H groups in total. The van der Waals surface area contributed by atoms with Gasteiger partial charge in [-0.2, -0.15) is 4.98 Å². The van der Waals surface area contributed by atoms with Gasteiger partial charge in [0.2, 0.25) is 5.88 Å². The second kappa shape index (κ2) is 18.3. The van der Waals surface area contributed by atoms with Crippen LogP contribution in [0.3, 0.4) is 0 Å². The number of sulfonamides is 1. The van der Waals surface area contributed by atoms with E-state index >= 15 is 0 Å². The Bertz CT molecular complexity index is 2840. The van der Waals surface area contributed by atoms with Gasteiger partial charge >= 0.3 is 0 Å². The van der Waals surface area contributed by atoms with E-state index in [9.17, 15) is 28.1 Å². The Morgan fingerprint density at radius 1 is 1.02 bits per heavy atom. The molecule has 0 unspecified atom stereocenters. The first-order chi connectivity index (χ1) is 31.6. The Kier molecular flexibility index (Phi) is 12.5. The maximum Gasteiger partial charge on any atom is 0.293 e. The minimum atomic E-state index is -4.70. The van der Waals surface area contributed by atoms with Crippen LogP contribution in [-0.2, 0) is 24.3 Å². The van der Waals surface area contributed by atoms with Gasteiger partial charge in [0.05, 0.1) is 47.0 Å². The van der Waals surface area contributed by atoms with Crippen molar-refractivity contribution in [2.45, 2.75) is 57.1 Å². The van der Waals surface area contributed by atoms with E-state index in [2.05, 4.69) is 55.8 Å². The molecule has 66 heavy (non-hydrogen) atoms. The van der Waals surface area contributed by atoms with Crippen molar-refractivity contribution in [1.82, 2.24) is 19.6 Å². The molecule has 2 fully saturated rings. The van der Waals surface area contributed by atoms with Gasteiger partial charge in [0.15, 0.2) is 6.10 Å². The topological polar surface area (TPSA) is 202 Å². The molecule has 4 aliphatic rings. The summed E-state index contributed by atoms with van der Waals surface area (Å²) < 4.78 is 46.9. The molecule has 5 heterocycles. The summed E-state index contributed by atoms with van der Waals surface area (Å²) in [4.78, 5) is 53.2. The normalized spacial score (nSPS) is 20.2. The van der Waals surface area contributed by atoms with Crippen molar-refractivity contribution in [3.63, 3.8) is 0 Å². The number of H-pyrrole nitrogens is 1. The molecule has 2 saturated heterocycles. The first kappa shape index (κ1) is 45.1. The van der Waals surface area contributed by atoms with Gasteiger partial charge in [-0.05, 0) is 97.3 Å². The molecule has 17 nitrogen and oxygen atoms in total. The lowest BCUT2D eigenvalue weighted by atomic mass is 9.72. The first-order valence-corrected chi connectivity index (χ1v) is 23.8. The molecule has 2 aromatic heterocycles. The van der Waals surface area contributed by atoms with Crippen LogP contribution in [0.15, 0.2) is 89.5 Å². The van der Waals surface area contributed by atoms with E-state index in [1.165, 1.54) is 39.8 Å². The van der Waals surface area contributed by atoms with Crippen molar-refractivity contribution in [3.8, 4) is 5.88 Å². The maximum absolute atomic E-state index is 14.4. The average Bonchev–Trinajstić information content (AvgIpc) is 3.76. The van der Waals surface area contributed by atoms with Crippen molar-refractivity contribution < 1.29 is 37.1 Å². The molecule has 0 radical (unpaired) electrons. The van der Waals surface area contributed by atoms with Crippen LogP contribution in [0.25, 0.3) is 16.6 Å². The summed E-state index contributed by atoms with van der Waals surface area (Å²) in [6.45, 7) is 11.2. The molecule has 9 rings (SSSR count). The van der Waals surface area contributed by atoms with Gasteiger partial charge < -0.3 is 29.4 Å². The number of pyridine rings is 1. The minimum absolute atomic E-state index is 0.0692. The fourth-order valence-electron chi connectivity index (χ4n) is 9.05. The van der Waals surface area contributed by atoms with Crippen LogP contribution >= 0.6 is 11.6 Å². The number of fused-ring (bicyclic) bond motifs is 2. The van der Waals surface area contributed by atoms with Crippen molar-refractivity contribution in [3.05, 3.63) is 111 Å². The monoisotopic (exact) mass is 938 g/mol. The number of aromatic amines is 1. The Hall–Kier alpha value is -6.05. The second-order valence-electron chi connectivity index (χ2n) is 17.9. The number of hydrogen-bond acceptors (Lipinski definition) is 13. The highest BCUT2D eigenvalue weighted by atomic mass is 35.5. The zero-order valence-corrected chi connectivity index (χ0v) is 38.4. The summed E-state index contributed by atoms with van der Waals surface area (Å²) in [6, 6.07) is 19.9. The number of anilines is 4. The number of nitro groups is 1. The van der Waals surface area contributed by atoms with Crippen LogP contribution in [-0.4, -0.2) is 111 Å². The molecule has 346 valence electrons. The largest absolute Gasteiger partial charge is 0.463 e. The summed E-state index contributed by atoms with van der Waals surface area (Å²) in [6.07, 6.45) is 3.45. The Balaban J connectivity index is 1.00. The molecular weight excluding hydrogens is 888 g/mol. The van der Waals surface area contributed by atoms with Gasteiger partial charge in [-0.1, -0.05) is 43.2 Å². The molecule has 3 aromatic carbocycles. The highest BCUT2D eigenvalue weighted by Crippen LogP contribution is 2.45. The molecule has 3 aliphatic heterocycles. The van der Waals surface area contributed by atoms with Gasteiger partial charge in [-0.15, -0.1) is 0 Å². The van der Waals surface area contributed by atoms with Crippen molar-refractivity contribution in [2.24, 2.45) is 5.41 Å². The standard InChI is InChI=1S/C47H51ClN8O9S/c1-29-46(58)55(42-22-31-13-15-49-43(31)51-45(42)65-29)40-23-34(54-18-16-53(17-19-54)27-32-12-14-47(2,3)25-38(32)30-4-6-33(48)7-5-30)8-10-37(40)44(57)52-66(61,62)36-9-11-39(41(24-36)56(59)60)50-26-35-28-63-20-21-64-35/h4-11,13,15,22-24,29,35,50H,12,14,16-21,25-28H2,1-3H3,(H,49,51)(H,52,57)/t29-,35+/m1/s1. The smallest absolute Gasteiger partial charge is 0.293 e. The number of piperazine rings is 1. The van der Waals surface area contributed by atoms with Gasteiger partial charge in [-0.25, -0.2) is 13.1 Å². The molecule has 2 atom stereocenters. The number of nitro benzene ring substituents is 1. The second-order valence-corrected chi connectivity index (χ2v) is 20.0. The summed E-state index contributed by atoms with van der Waals surface area (Å²) in [5.41, 5.74) is 5.27. The molecule has 5 aromatic rings. The zero-order valence-electron chi connectivity index (χ0n) is 36.8. The third-order valence-corrected chi connectivity index (χ3v) is 14.3. The molecular formula is C47H51ClN8O9S. The fraction of sp³-hybridized carbons (Fsp3) is 0.383. The molecule has 0 spiro atoms. The molecule has 19 heteroatoms. The third kappa shape index (κ3) is 9.46. The maximum atomic E-state index is 14.4. The molecule has 2 amide bonds. The SMILES string of the molecule is C[C@H]1Oc2nc3[nH]ccc3cc2N(c2cc(N3CCN(CC4=C(c5ccc(Cl)cc5)CC(C)(C)CC4)CC3)ccc2C(=O)NS(=O)(=O)c2ccc(NC[C@H]3COCCO3)c([N+](=O)[O-])c2)C1=O. The number of aromatic nitrogens is 2. The van der Waals surface area contributed by atoms with Gasteiger partial charge in [-0.3, -0.25) is 29.5 Å². The molecule has 0 bridgehead atoms. The summed E-state index contributed by atoms with van der Waals surface area (Å²) in [5.74, 6) is -1.40. The number of amides is 2. The number of nitrogens with zero attached hydrogens (tertiary/aromatic N) is 5. The van der Waals surface area contributed by atoms with Gasteiger partial charge in [0.25, 0.3) is 27.5 Å². The lowest BCUT2D eigenvalue weighted by Crippen LogP contribution is -2.47. The van der Waals surface area contributed by atoms with Crippen LogP contribution < -0.4 is 24.6 Å². The zero-order chi connectivity index (χ0) is 46.3. The van der Waals surface area contributed by atoms with E-state index in [1.54, 1.807) is 37.4 Å². The Morgan fingerprint density at radius 3 is 2.55 bits per heavy atom. The van der Waals surface area contributed by atoms with E-state index in [-0.39, 0.29) is 46.6 Å². The van der Waals surface area contributed by atoms with E-state index in [1.807, 2.05) is 12.1 Å². The number of carbonyl (C=O) groups is 2. The van der Waals surface area contributed by atoms with E-state index in [0.717, 1.165) is 50.7 Å². The summed E-state index contributed by atoms with van der Waals surface area (Å²) in [5, 5.41) is 16.5. The van der Waals surface area contributed by atoms with E-state index in [4.69, 9.17) is 25.8 Å². The lowest BCUT2D eigenvalue weighted by molar-refractivity contribution is -0.384. The predicted molar refractivity (Wildman–Crippen MR) is 251 cm³/mol. The van der Waals surface area contributed by atoms with Crippen LogP contribution in [0, 0.1) is 15.5 Å². The van der Waals surface area contributed by atoms with Crippen molar-refractivity contribution in [1.29, 1.82) is 0 Å². The highest BCUT2D eigenvalue weighted by molar-refractivity contribution is 7.90.